The first-order chi connectivity index (χ1) is 11.1. The molecule has 5 nitrogen and oxygen atoms in total. The SMILES string of the molecule is O=C(c1ccc(F)c(F)c1)N1CCCC1c1nc(C2CC2)no1. The van der Waals surface area contributed by atoms with Gasteiger partial charge in [-0.2, -0.15) is 4.98 Å². The largest absolute Gasteiger partial charge is 0.337 e. The zero-order valence-electron chi connectivity index (χ0n) is 12.3. The normalized spacial score (nSPS) is 21.0. The molecule has 0 spiro atoms. The molecule has 2 heterocycles. The molecule has 4 rings (SSSR count). The number of rotatable bonds is 3. The fourth-order valence-corrected chi connectivity index (χ4v) is 2.95. The first-order valence-corrected chi connectivity index (χ1v) is 7.73. The molecular weight excluding hydrogens is 304 g/mol. The monoisotopic (exact) mass is 319 g/mol. The molecule has 1 unspecified atom stereocenters. The van der Waals surface area contributed by atoms with Crippen molar-refractivity contribution >= 4 is 5.91 Å². The fourth-order valence-electron chi connectivity index (χ4n) is 2.95. The van der Waals surface area contributed by atoms with E-state index in [9.17, 15) is 13.6 Å². The Morgan fingerprint density at radius 2 is 2.04 bits per heavy atom. The zero-order valence-corrected chi connectivity index (χ0v) is 12.3. The van der Waals surface area contributed by atoms with Gasteiger partial charge in [0.05, 0.1) is 0 Å². The first-order valence-electron chi connectivity index (χ1n) is 7.73. The molecule has 1 aliphatic carbocycles. The molecule has 2 aromatic rings. The summed E-state index contributed by atoms with van der Waals surface area (Å²) < 4.78 is 31.7. The van der Waals surface area contributed by atoms with Gasteiger partial charge in [0.1, 0.15) is 6.04 Å². The summed E-state index contributed by atoms with van der Waals surface area (Å²) in [5.74, 6) is -0.833. The van der Waals surface area contributed by atoms with Gasteiger partial charge in [0, 0.05) is 18.0 Å². The van der Waals surface area contributed by atoms with Crippen LogP contribution in [0.5, 0.6) is 0 Å². The Bertz CT molecular complexity index is 758. The second-order valence-corrected chi connectivity index (χ2v) is 6.05. The molecule has 1 saturated carbocycles. The second-order valence-electron chi connectivity index (χ2n) is 6.05. The third-order valence-electron chi connectivity index (χ3n) is 4.37. The Labute approximate surface area is 131 Å². The van der Waals surface area contributed by atoms with Crippen molar-refractivity contribution in [2.24, 2.45) is 0 Å². The number of amides is 1. The first kappa shape index (κ1) is 14.3. The summed E-state index contributed by atoms with van der Waals surface area (Å²) in [7, 11) is 0. The summed E-state index contributed by atoms with van der Waals surface area (Å²) in [5, 5.41) is 3.98. The van der Waals surface area contributed by atoms with E-state index in [1.54, 1.807) is 4.90 Å². The topological polar surface area (TPSA) is 59.2 Å². The summed E-state index contributed by atoms with van der Waals surface area (Å²) in [6.45, 7) is 0.531. The van der Waals surface area contributed by atoms with Crippen LogP contribution in [0.15, 0.2) is 22.7 Å². The van der Waals surface area contributed by atoms with E-state index in [-0.39, 0.29) is 17.5 Å². The molecule has 7 heteroatoms. The number of likely N-dealkylation sites (tertiary alicyclic amines) is 1. The van der Waals surface area contributed by atoms with Crippen LogP contribution in [-0.4, -0.2) is 27.5 Å². The average Bonchev–Trinajstić information content (AvgIpc) is 3.09. The van der Waals surface area contributed by atoms with Crippen LogP contribution in [0.25, 0.3) is 0 Å². The van der Waals surface area contributed by atoms with Gasteiger partial charge in [0.25, 0.3) is 5.91 Å². The summed E-state index contributed by atoms with van der Waals surface area (Å²) in [5.41, 5.74) is 0.123. The number of benzene rings is 1. The molecule has 1 aromatic heterocycles. The summed E-state index contributed by atoms with van der Waals surface area (Å²) in [6, 6.07) is 2.89. The Morgan fingerprint density at radius 3 is 2.78 bits per heavy atom. The molecule has 1 aromatic carbocycles. The maximum absolute atomic E-state index is 13.4. The standard InChI is InChI=1S/C16H15F2N3O2/c17-11-6-5-10(8-12(11)18)16(22)21-7-1-2-13(21)15-19-14(20-23-15)9-3-4-9/h5-6,8-9,13H,1-4,7H2. The van der Waals surface area contributed by atoms with Crippen molar-refractivity contribution in [1.29, 1.82) is 0 Å². The van der Waals surface area contributed by atoms with Crippen molar-refractivity contribution in [2.45, 2.75) is 37.6 Å². The summed E-state index contributed by atoms with van der Waals surface area (Å²) >= 11 is 0. The van der Waals surface area contributed by atoms with Crippen molar-refractivity contribution in [2.75, 3.05) is 6.54 Å². The van der Waals surface area contributed by atoms with E-state index in [1.807, 2.05) is 0 Å². The van der Waals surface area contributed by atoms with Crippen molar-refractivity contribution < 1.29 is 18.1 Å². The van der Waals surface area contributed by atoms with E-state index in [0.717, 1.165) is 37.8 Å². The van der Waals surface area contributed by atoms with Crippen LogP contribution in [0.1, 0.15) is 59.7 Å². The van der Waals surface area contributed by atoms with Gasteiger partial charge in [-0.05, 0) is 43.9 Å². The van der Waals surface area contributed by atoms with E-state index < -0.39 is 11.6 Å². The number of aromatic nitrogens is 2. The maximum atomic E-state index is 13.4. The molecule has 0 bridgehead atoms. The highest BCUT2D eigenvalue weighted by atomic mass is 19.2. The lowest BCUT2D eigenvalue weighted by Gasteiger charge is -2.21. The lowest BCUT2D eigenvalue weighted by atomic mass is 10.1. The van der Waals surface area contributed by atoms with Gasteiger partial charge in [0.2, 0.25) is 5.89 Å². The summed E-state index contributed by atoms with van der Waals surface area (Å²) in [6.07, 6.45) is 3.67. The van der Waals surface area contributed by atoms with Gasteiger partial charge < -0.3 is 9.42 Å². The Kier molecular flexibility index (Phi) is 3.36. The molecule has 23 heavy (non-hydrogen) atoms. The van der Waals surface area contributed by atoms with Crippen LogP contribution in [0.2, 0.25) is 0 Å². The number of hydrogen-bond donors (Lipinski definition) is 0. The number of carbonyl (C=O) groups is 1. The van der Waals surface area contributed by atoms with Crippen LogP contribution in [-0.2, 0) is 0 Å². The highest BCUT2D eigenvalue weighted by Crippen LogP contribution is 2.40. The average molecular weight is 319 g/mol. The van der Waals surface area contributed by atoms with Gasteiger partial charge in [-0.15, -0.1) is 0 Å². The van der Waals surface area contributed by atoms with Gasteiger partial charge >= 0.3 is 0 Å². The smallest absolute Gasteiger partial charge is 0.254 e. The lowest BCUT2D eigenvalue weighted by Crippen LogP contribution is -2.30. The number of nitrogens with zero attached hydrogens (tertiary/aromatic N) is 3. The van der Waals surface area contributed by atoms with E-state index in [4.69, 9.17) is 4.52 Å². The predicted octanol–water partition coefficient (Wildman–Crippen LogP) is 3.20. The molecule has 0 radical (unpaired) electrons. The van der Waals surface area contributed by atoms with Gasteiger partial charge in [-0.1, -0.05) is 5.16 Å². The quantitative estimate of drug-likeness (QED) is 0.871. The third-order valence-corrected chi connectivity index (χ3v) is 4.37. The Balaban J connectivity index is 1.58. The Morgan fingerprint density at radius 1 is 1.22 bits per heavy atom. The van der Waals surface area contributed by atoms with Crippen LogP contribution in [0, 0.1) is 11.6 Å². The Hall–Kier alpha value is -2.31. The maximum Gasteiger partial charge on any atom is 0.254 e. The summed E-state index contributed by atoms with van der Waals surface area (Å²) in [4.78, 5) is 18.6. The van der Waals surface area contributed by atoms with Crippen molar-refractivity contribution in [3.63, 3.8) is 0 Å². The van der Waals surface area contributed by atoms with E-state index in [2.05, 4.69) is 10.1 Å². The van der Waals surface area contributed by atoms with Crippen molar-refractivity contribution in [3.05, 3.63) is 47.1 Å². The molecule has 1 atom stereocenters. The number of hydrogen-bond acceptors (Lipinski definition) is 4. The van der Waals surface area contributed by atoms with Crippen LogP contribution >= 0.6 is 0 Å². The molecule has 1 amide bonds. The number of carbonyl (C=O) groups excluding carboxylic acids is 1. The van der Waals surface area contributed by atoms with E-state index in [1.165, 1.54) is 6.07 Å². The minimum Gasteiger partial charge on any atom is -0.337 e. The van der Waals surface area contributed by atoms with Crippen molar-refractivity contribution in [3.8, 4) is 0 Å². The minimum atomic E-state index is -1.03. The zero-order chi connectivity index (χ0) is 16.0. The molecule has 2 fully saturated rings. The van der Waals surface area contributed by atoms with Gasteiger partial charge in [-0.3, -0.25) is 4.79 Å². The fraction of sp³-hybridized carbons (Fsp3) is 0.438. The predicted molar refractivity (Wildman–Crippen MR) is 75.6 cm³/mol. The molecule has 1 aliphatic heterocycles. The lowest BCUT2D eigenvalue weighted by molar-refractivity contribution is 0.0709. The van der Waals surface area contributed by atoms with E-state index >= 15 is 0 Å². The van der Waals surface area contributed by atoms with Gasteiger partial charge in [0.15, 0.2) is 17.5 Å². The van der Waals surface area contributed by atoms with Crippen LogP contribution in [0.4, 0.5) is 8.78 Å². The number of halogens is 2. The molecular formula is C16H15F2N3O2. The highest BCUT2D eigenvalue weighted by Gasteiger charge is 2.36. The molecule has 120 valence electrons. The molecule has 2 aliphatic rings. The van der Waals surface area contributed by atoms with Gasteiger partial charge in [-0.25, -0.2) is 8.78 Å². The highest BCUT2D eigenvalue weighted by molar-refractivity contribution is 5.94. The second kappa shape index (κ2) is 5.40. The molecule has 1 saturated heterocycles. The third kappa shape index (κ3) is 2.60. The van der Waals surface area contributed by atoms with Crippen LogP contribution in [0.3, 0.4) is 0 Å². The minimum absolute atomic E-state index is 0.123. The van der Waals surface area contributed by atoms with Crippen molar-refractivity contribution in [1.82, 2.24) is 15.0 Å². The van der Waals surface area contributed by atoms with Crippen LogP contribution < -0.4 is 0 Å². The molecule has 0 N–H and O–H groups in total. The van der Waals surface area contributed by atoms with E-state index in [0.29, 0.717) is 24.2 Å².